The number of aliphatic imine (C=N–C) groups is 2. The Kier molecular flexibility index (Phi) is 9.46. The Balaban J connectivity index is 1.15. The topological polar surface area (TPSA) is 37.6 Å². The SMILES string of the molecule is C\C=C(/N=C(\N=C\c1ccc(-c2cccnc2)cc1)c1cccc(-c2c3ccccc3c(-c3cccc4ccccc34)c3ccccc23)c1)c1cccc2ccccc12. The number of rotatable bonds is 7. The van der Waals surface area contributed by atoms with Gasteiger partial charge in [0.05, 0.1) is 5.70 Å². The molecule has 0 aliphatic carbocycles. The van der Waals surface area contributed by atoms with Gasteiger partial charge in [0, 0.05) is 29.7 Å². The summed E-state index contributed by atoms with van der Waals surface area (Å²) in [6.45, 7) is 2.05. The minimum atomic E-state index is 0.630. The van der Waals surface area contributed by atoms with E-state index in [2.05, 4.69) is 199 Å². The van der Waals surface area contributed by atoms with Crippen molar-refractivity contribution in [3.05, 3.63) is 229 Å². The van der Waals surface area contributed by atoms with Gasteiger partial charge in [-0.15, -0.1) is 0 Å². The van der Waals surface area contributed by atoms with Crippen molar-refractivity contribution >= 4 is 60.8 Å². The highest BCUT2D eigenvalue weighted by atomic mass is 14.9. The molecule has 10 rings (SSSR count). The third-order valence-electron chi connectivity index (χ3n) is 11.2. The summed E-state index contributed by atoms with van der Waals surface area (Å²) in [5.74, 6) is 0.630. The highest BCUT2D eigenvalue weighted by Gasteiger charge is 2.19. The minimum absolute atomic E-state index is 0.630. The van der Waals surface area contributed by atoms with Gasteiger partial charge in [-0.2, -0.15) is 0 Å². The van der Waals surface area contributed by atoms with Gasteiger partial charge in [0.25, 0.3) is 0 Å². The van der Waals surface area contributed by atoms with Crippen LogP contribution in [0.25, 0.3) is 82.2 Å². The molecule has 3 nitrogen and oxygen atoms in total. The molecule has 3 heteroatoms. The molecule has 278 valence electrons. The number of pyridine rings is 1. The first-order chi connectivity index (χ1) is 29.2. The van der Waals surface area contributed by atoms with Crippen LogP contribution in [0.3, 0.4) is 0 Å². The molecule has 0 bridgehead atoms. The normalized spacial score (nSPS) is 12.3. The second kappa shape index (κ2) is 15.7. The zero-order chi connectivity index (χ0) is 39.5. The Morgan fingerprint density at radius 1 is 0.475 bits per heavy atom. The largest absolute Gasteiger partial charge is 0.264 e. The van der Waals surface area contributed by atoms with E-state index in [1.54, 1.807) is 6.20 Å². The molecule has 0 spiro atoms. The summed E-state index contributed by atoms with van der Waals surface area (Å²) in [6, 6.07) is 69.0. The van der Waals surface area contributed by atoms with Gasteiger partial charge in [-0.05, 0) is 101 Å². The highest BCUT2D eigenvalue weighted by Crippen LogP contribution is 2.45. The molecule has 0 radical (unpaired) electrons. The summed E-state index contributed by atoms with van der Waals surface area (Å²) in [6.07, 6.45) is 7.68. The van der Waals surface area contributed by atoms with Crippen LogP contribution in [0, 0.1) is 0 Å². The van der Waals surface area contributed by atoms with E-state index in [-0.39, 0.29) is 0 Å². The molecule has 9 aromatic carbocycles. The fourth-order valence-electron chi connectivity index (χ4n) is 8.43. The number of amidine groups is 1. The van der Waals surface area contributed by atoms with Crippen molar-refractivity contribution in [1.82, 2.24) is 4.98 Å². The lowest BCUT2D eigenvalue weighted by Crippen LogP contribution is -2.01. The standard InChI is InChI=1S/C56H39N3/c1-2-53(47-28-12-17-40-15-3-5-22-45(40)47)59-56(58-36-38-30-32-39(33-31-38)44-21-14-34-57-37-44)43-20-11-19-42(35-43)54-49-24-7-9-26-51(49)55(52-27-10-8-25-50(52)54)48-29-13-18-41-16-4-6-23-46(41)48/h2-37H,1H3/b53-2-,58-36+,59-56-. The molecule has 0 N–H and O–H groups in total. The number of hydrogen-bond acceptors (Lipinski definition) is 2. The van der Waals surface area contributed by atoms with Crippen LogP contribution >= 0.6 is 0 Å². The van der Waals surface area contributed by atoms with E-state index in [0.717, 1.165) is 44.5 Å². The Labute approximate surface area is 344 Å². The zero-order valence-corrected chi connectivity index (χ0v) is 32.6. The summed E-state index contributed by atoms with van der Waals surface area (Å²) in [5.41, 5.74) is 10.8. The maximum absolute atomic E-state index is 5.38. The molecular formula is C56H39N3. The van der Waals surface area contributed by atoms with Gasteiger partial charge in [-0.25, -0.2) is 9.98 Å². The number of allylic oxidation sites excluding steroid dienone is 1. The average molecular weight is 754 g/mol. The summed E-state index contributed by atoms with van der Waals surface area (Å²) in [7, 11) is 0. The quantitative estimate of drug-likeness (QED) is 0.0907. The van der Waals surface area contributed by atoms with Crippen LogP contribution in [0.2, 0.25) is 0 Å². The van der Waals surface area contributed by atoms with Crippen LogP contribution in [0.5, 0.6) is 0 Å². The number of fused-ring (bicyclic) bond motifs is 4. The molecule has 0 aliphatic heterocycles. The number of nitrogens with zero attached hydrogens (tertiary/aromatic N) is 3. The van der Waals surface area contributed by atoms with Crippen molar-refractivity contribution in [2.24, 2.45) is 9.98 Å². The van der Waals surface area contributed by atoms with Gasteiger partial charge in [-0.3, -0.25) is 4.98 Å². The molecular weight excluding hydrogens is 715 g/mol. The Morgan fingerprint density at radius 3 is 1.73 bits per heavy atom. The fraction of sp³-hybridized carbons (Fsp3) is 0.0179. The lowest BCUT2D eigenvalue weighted by Gasteiger charge is -2.19. The van der Waals surface area contributed by atoms with Crippen LogP contribution < -0.4 is 0 Å². The third-order valence-corrected chi connectivity index (χ3v) is 11.2. The smallest absolute Gasteiger partial charge is 0.159 e. The molecule has 0 amide bonds. The van der Waals surface area contributed by atoms with E-state index in [4.69, 9.17) is 9.98 Å². The van der Waals surface area contributed by atoms with Crippen molar-refractivity contribution in [1.29, 1.82) is 0 Å². The second-order valence-corrected chi connectivity index (χ2v) is 14.7. The predicted molar refractivity (Wildman–Crippen MR) is 251 cm³/mol. The van der Waals surface area contributed by atoms with Crippen molar-refractivity contribution in [3.8, 4) is 33.4 Å². The van der Waals surface area contributed by atoms with Crippen LogP contribution in [0.1, 0.15) is 23.6 Å². The Hall–Kier alpha value is -7.75. The van der Waals surface area contributed by atoms with Crippen LogP contribution in [0.4, 0.5) is 0 Å². The van der Waals surface area contributed by atoms with Crippen LogP contribution in [-0.4, -0.2) is 17.0 Å². The Bertz CT molecular complexity index is 3200. The molecule has 0 saturated heterocycles. The highest BCUT2D eigenvalue weighted by molar-refractivity contribution is 6.24. The zero-order valence-electron chi connectivity index (χ0n) is 32.6. The van der Waals surface area contributed by atoms with E-state index < -0.39 is 0 Å². The van der Waals surface area contributed by atoms with Gasteiger partial charge < -0.3 is 0 Å². The van der Waals surface area contributed by atoms with Gasteiger partial charge in [0.1, 0.15) is 0 Å². The predicted octanol–water partition coefficient (Wildman–Crippen LogP) is 14.6. The fourth-order valence-corrected chi connectivity index (χ4v) is 8.43. The number of hydrogen-bond donors (Lipinski definition) is 0. The van der Waals surface area contributed by atoms with E-state index >= 15 is 0 Å². The maximum Gasteiger partial charge on any atom is 0.159 e. The van der Waals surface area contributed by atoms with E-state index in [0.29, 0.717) is 5.84 Å². The Morgan fingerprint density at radius 2 is 1.05 bits per heavy atom. The van der Waals surface area contributed by atoms with Gasteiger partial charge in [0.15, 0.2) is 5.84 Å². The summed E-state index contributed by atoms with van der Waals surface area (Å²) in [4.78, 5) is 14.9. The molecule has 0 saturated carbocycles. The van der Waals surface area contributed by atoms with Gasteiger partial charge in [-0.1, -0.05) is 188 Å². The average Bonchev–Trinajstić information content (AvgIpc) is 3.31. The molecule has 1 heterocycles. The minimum Gasteiger partial charge on any atom is -0.264 e. The monoisotopic (exact) mass is 753 g/mol. The molecule has 0 atom stereocenters. The molecule has 10 aromatic rings. The molecule has 1 aromatic heterocycles. The van der Waals surface area contributed by atoms with Crippen LogP contribution in [0.15, 0.2) is 223 Å². The van der Waals surface area contributed by atoms with Gasteiger partial charge in [0.2, 0.25) is 0 Å². The number of benzene rings is 9. The van der Waals surface area contributed by atoms with Crippen molar-refractivity contribution in [2.45, 2.75) is 6.92 Å². The molecule has 0 aliphatic rings. The molecule has 0 unspecified atom stereocenters. The lowest BCUT2D eigenvalue weighted by atomic mass is 9.84. The van der Waals surface area contributed by atoms with Crippen molar-refractivity contribution in [3.63, 3.8) is 0 Å². The molecule has 59 heavy (non-hydrogen) atoms. The van der Waals surface area contributed by atoms with Crippen molar-refractivity contribution < 1.29 is 0 Å². The first kappa shape index (κ1) is 35.6. The van der Waals surface area contributed by atoms with Crippen LogP contribution in [-0.2, 0) is 0 Å². The first-order valence-electron chi connectivity index (χ1n) is 20.0. The van der Waals surface area contributed by atoms with Gasteiger partial charge >= 0.3 is 0 Å². The van der Waals surface area contributed by atoms with E-state index in [1.807, 2.05) is 25.4 Å². The van der Waals surface area contributed by atoms with E-state index in [9.17, 15) is 0 Å². The lowest BCUT2D eigenvalue weighted by molar-refractivity contribution is 1.33. The second-order valence-electron chi connectivity index (χ2n) is 14.7. The first-order valence-corrected chi connectivity index (χ1v) is 20.0. The van der Waals surface area contributed by atoms with E-state index in [1.165, 1.54) is 54.4 Å². The summed E-state index contributed by atoms with van der Waals surface area (Å²) < 4.78 is 0. The summed E-state index contributed by atoms with van der Waals surface area (Å²) >= 11 is 0. The maximum atomic E-state index is 5.38. The summed E-state index contributed by atoms with van der Waals surface area (Å²) in [5, 5.41) is 9.64. The van der Waals surface area contributed by atoms with Crippen molar-refractivity contribution in [2.75, 3.05) is 0 Å². The third kappa shape index (κ3) is 6.79. The molecule has 0 fully saturated rings. The number of aromatic nitrogens is 1.